The minimum atomic E-state index is -3.53. The fourth-order valence-electron chi connectivity index (χ4n) is 5.38. The minimum absolute atomic E-state index is 0.0122. The maximum atomic E-state index is 13.1. The van der Waals surface area contributed by atoms with Gasteiger partial charge in [-0.2, -0.15) is 4.31 Å². The van der Waals surface area contributed by atoms with Gasteiger partial charge in [0.25, 0.3) is 10.0 Å². The molecule has 1 atom stereocenters. The fourth-order valence-corrected chi connectivity index (χ4v) is 9.60. The standard InChI is InChI=1S/C27H30Cl2N2O2S3/c1-30(36(32,33)26-7-4-16-34-26)18-21(20-8-9-23(28)24(29)17-20)10-13-31-14-11-27(12-15-31)19-35-25-6-3-2-5-22(25)27/h2-9,16-17,21H,10-15,18-19H2,1H3/t21-/m0/s1. The third kappa shape index (κ3) is 5.39. The fraction of sp³-hybridized carbons (Fsp3) is 0.407. The number of hydrogen-bond donors (Lipinski definition) is 0. The number of piperidine rings is 1. The molecule has 0 unspecified atom stereocenters. The van der Waals surface area contributed by atoms with Gasteiger partial charge in [-0.1, -0.05) is 53.5 Å². The highest BCUT2D eigenvalue weighted by Crippen LogP contribution is 2.49. The number of fused-ring (bicyclic) bond motifs is 2. The molecule has 36 heavy (non-hydrogen) atoms. The van der Waals surface area contributed by atoms with Gasteiger partial charge in [-0.25, -0.2) is 8.42 Å². The average Bonchev–Trinajstić information content (AvgIpc) is 3.55. The first-order valence-corrected chi connectivity index (χ1v) is 16.2. The summed E-state index contributed by atoms with van der Waals surface area (Å²) < 4.78 is 28.1. The van der Waals surface area contributed by atoms with Crippen molar-refractivity contribution in [2.75, 3.05) is 39.0 Å². The van der Waals surface area contributed by atoms with Crippen molar-refractivity contribution in [3.63, 3.8) is 0 Å². The Bertz CT molecular complexity index is 1310. The second-order valence-electron chi connectivity index (χ2n) is 9.78. The van der Waals surface area contributed by atoms with Gasteiger partial charge in [0.2, 0.25) is 0 Å². The monoisotopic (exact) mass is 580 g/mol. The van der Waals surface area contributed by atoms with Crippen LogP contribution < -0.4 is 0 Å². The van der Waals surface area contributed by atoms with Gasteiger partial charge in [0, 0.05) is 29.7 Å². The zero-order chi connectivity index (χ0) is 25.3. The van der Waals surface area contributed by atoms with Crippen molar-refractivity contribution in [1.82, 2.24) is 9.21 Å². The largest absolute Gasteiger partial charge is 0.303 e. The molecule has 5 rings (SSSR count). The smallest absolute Gasteiger partial charge is 0.252 e. The molecule has 0 bridgehead atoms. The number of thiophene rings is 1. The molecule has 0 radical (unpaired) electrons. The van der Waals surface area contributed by atoms with Crippen LogP contribution in [0, 0.1) is 0 Å². The van der Waals surface area contributed by atoms with E-state index < -0.39 is 10.0 Å². The molecule has 1 spiro atoms. The van der Waals surface area contributed by atoms with Crippen molar-refractivity contribution in [3.8, 4) is 0 Å². The van der Waals surface area contributed by atoms with E-state index in [0.29, 0.717) is 26.2 Å². The van der Waals surface area contributed by atoms with Crippen LogP contribution in [0.4, 0.5) is 0 Å². The van der Waals surface area contributed by atoms with E-state index in [2.05, 4.69) is 29.2 Å². The molecule has 1 aromatic heterocycles. The number of hydrogen-bond acceptors (Lipinski definition) is 5. The van der Waals surface area contributed by atoms with Crippen LogP contribution in [0.25, 0.3) is 0 Å². The lowest BCUT2D eigenvalue weighted by molar-refractivity contribution is 0.166. The number of sulfonamides is 1. The summed E-state index contributed by atoms with van der Waals surface area (Å²) in [5.41, 5.74) is 2.85. The Hall–Kier alpha value is -1.06. The number of likely N-dealkylation sites (tertiary alicyclic amines) is 1. The van der Waals surface area contributed by atoms with E-state index in [1.54, 1.807) is 30.6 Å². The van der Waals surface area contributed by atoms with Crippen molar-refractivity contribution in [1.29, 1.82) is 0 Å². The van der Waals surface area contributed by atoms with Crippen molar-refractivity contribution >= 4 is 56.3 Å². The van der Waals surface area contributed by atoms with Crippen LogP contribution in [-0.4, -0.2) is 56.6 Å². The highest BCUT2D eigenvalue weighted by molar-refractivity contribution is 7.99. The van der Waals surface area contributed by atoms with Crippen LogP contribution in [0.5, 0.6) is 0 Å². The summed E-state index contributed by atoms with van der Waals surface area (Å²) in [5.74, 6) is 1.19. The molecule has 9 heteroatoms. The normalized spacial score (nSPS) is 18.6. The Balaban J connectivity index is 1.27. The summed E-state index contributed by atoms with van der Waals surface area (Å²) in [6.07, 6.45) is 3.18. The number of benzene rings is 2. The zero-order valence-electron chi connectivity index (χ0n) is 20.2. The molecule has 0 amide bonds. The Kier molecular flexibility index (Phi) is 8.09. The summed E-state index contributed by atoms with van der Waals surface area (Å²) in [5, 5.41) is 2.80. The first-order chi connectivity index (χ1) is 17.3. The Labute approximate surface area is 232 Å². The van der Waals surface area contributed by atoms with Gasteiger partial charge < -0.3 is 4.90 Å². The van der Waals surface area contributed by atoms with Crippen molar-refractivity contribution in [3.05, 3.63) is 81.1 Å². The first kappa shape index (κ1) is 26.5. The topological polar surface area (TPSA) is 40.6 Å². The third-order valence-corrected chi connectivity index (χ3v) is 12.9. The Morgan fingerprint density at radius 3 is 2.56 bits per heavy atom. The number of halogens is 2. The van der Waals surface area contributed by atoms with Crippen LogP contribution in [0.15, 0.2) is 69.1 Å². The molecule has 3 aromatic rings. The van der Waals surface area contributed by atoms with Crippen molar-refractivity contribution in [2.45, 2.75) is 39.7 Å². The highest BCUT2D eigenvalue weighted by Gasteiger charge is 2.41. The van der Waals surface area contributed by atoms with Gasteiger partial charge in [0.15, 0.2) is 0 Å². The van der Waals surface area contributed by atoms with Crippen molar-refractivity contribution < 1.29 is 8.42 Å². The molecule has 0 aliphatic carbocycles. The second-order valence-corrected chi connectivity index (χ2v) is 14.8. The van der Waals surface area contributed by atoms with E-state index in [0.717, 1.165) is 31.6 Å². The third-order valence-electron chi connectivity index (χ3n) is 7.62. The number of nitrogens with zero attached hydrogens (tertiary/aromatic N) is 2. The predicted octanol–water partition coefficient (Wildman–Crippen LogP) is 6.99. The lowest BCUT2D eigenvalue weighted by atomic mass is 9.74. The summed E-state index contributed by atoms with van der Waals surface area (Å²) in [4.78, 5) is 3.98. The summed E-state index contributed by atoms with van der Waals surface area (Å²) in [7, 11) is -1.86. The highest BCUT2D eigenvalue weighted by atomic mass is 35.5. The van der Waals surface area contributed by atoms with Crippen LogP contribution in [0.2, 0.25) is 10.0 Å². The number of likely N-dealkylation sites (N-methyl/N-ethyl adjacent to an activating group) is 1. The van der Waals surface area contributed by atoms with E-state index in [4.69, 9.17) is 23.2 Å². The van der Waals surface area contributed by atoms with Gasteiger partial charge in [-0.05, 0) is 85.6 Å². The van der Waals surface area contributed by atoms with E-state index in [-0.39, 0.29) is 5.92 Å². The molecule has 2 aromatic carbocycles. The molecule has 0 saturated carbocycles. The number of thioether (sulfide) groups is 1. The van der Waals surface area contributed by atoms with E-state index in [9.17, 15) is 8.42 Å². The molecule has 2 aliphatic rings. The van der Waals surface area contributed by atoms with Crippen LogP contribution in [0.3, 0.4) is 0 Å². The number of rotatable bonds is 8. The zero-order valence-corrected chi connectivity index (χ0v) is 24.2. The van der Waals surface area contributed by atoms with Gasteiger partial charge in [-0.3, -0.25) is 0 Å². The molecule has 2 aliphatic heterocycles. The second kappa shape index (κ2) is 11.0. The maximum Gasteiger partial charge on any atom is 0.252 e. The molecule has 0 N–H and O–H groups in total. The van der Waals surface area contributed by atoms with Crippen LogP contribution >= 0.6 is 46.3 Å². The van der Waals surface area contributed by atoms with Crippen LogP contribution in [-0.2, 0) is 15.4 Å². The van der Waals surface area contributed by atoms with Crippen LogP contribution in [0.1, 0.15) is 36.3 Å². The molecule has 1 fully saturated rings. The van der Waals surface area contributed by atoms with Gasteiger partial charge in [0.1, 0.15) is 4.21 Å². The van der Waals surface area contributed by atoms with Gasteiger partial charge >= 0.3 is 0 Å². The lowest BCUT2D eigenvalue weighted by Crippen LogP contribution is -2.43. The quantitative estimate of drug-likeness (QED) is 0.288. The average molecular weight is 582 g/mol. The molecular formula is C27H30Cl2N2O2S3. The molecule has 192 valence electrons. The predicted molar refractivity (Wildman–Crippen MR) is 152 cm³/mol. The van der Waals surface area contributed by atoms with E-state index in [1.807, 2.05) is 23.9 Å². The Morgan fingerprint density at radius 1 is 1.06 bits per heavy atom. The Morgan fingerprint density at radius 2 is 1.83 bits per heavy atom. The maximum absolute atomic E-state index is 13.1. The molecule has 1 saturated heterocycles. The molecule has 3 heterocycles. The summed E-state index contributed by atoms with van der Waals surface area (Å²) >= 11 is 15.8. The van der Waals surface area contributed by atoms with E-state index in [1.165, 1.54) is 44.7 Å². The van der Waals surface area contributed by atoms with Gasteiger partial charge in [0.05, 0.1) is 10.0 Å². The summed E-state index contributed by atoms with van der Waals surface area (Å²) in [6.45, 7) is 3.43. The minimum Gasteiger partial charge on any atom is -0.303 e. The SMILES string of the molecule is CN(C[C@H](CCN1CCC2(CC1)CSc1ccccc12)c1ccc(Cl)c(Cl)c1)S(=O)(=O)c1cccs1. The molecule has 4 nitrogen and oxygen atoms in total. The van der Waals surface area contributed by atoms with Crippen molar-refractivity contribution in [2.24, 2.45) is 0 Å². The van der Waals surface area contributed by atoms with Gasteiger partial charge in [-0.15, -0.1) is 23.1 Å². The first-order valence-electron chi connectivity index (χ1n) is 12.2. The summed E-state index contributed by atoms with van der Waals surface area (Å²) in [6, 6.07) is 18.0. The van der Waals surface area contributed by atoms with E-state index >= 15 is 0 Å². The lowest BCUT2D eigenvalue weighted by Gasteiger charge is -2.40. The molecular weight excluding hydrogens is 551 g/mol.